The van der Waals surface area contributed by atoms with Crippen LogP contribution in [0.3, 0.4) is 0 Å². The normalized spacial score (nSPS) is 13.3. The van der Waals surface area contributed by atoms with E-state index in [0.717, 1.165) is 0 Å². The fourth-order valence-electron chi connectivity index (χ4n) is 1.41. The van der Waals surface area contributed by atoms with Crippen molar-refractivity contribution >= 4 is 25.0 Å². The third kappa shape index (κ3) is 3.66. The Balaban J connectivity index is 2.93. The molecule has 1 unspecified atom stereocenters. The zero-order valence-electron chi connectivity index (χ0n) is 10.3. The van der Waals surface area contributed by atoms with E-state index in [4.69, 9.17) is 20.6 Å². The summed E-state index contributed by atoms with van der Waals surface area (Å²) in [6.45, 7) is 3.68. The van der Waals surface area contributed by atoms with Gasteiger partial charge in [0.15, 0.2) is 10.9 Å². The summed E-state index contributed by atoms with van der Waals surface area (Å²) in [4.78, 5) is 12.1. The summed E-state index contributed by atoms with van der Waals surface area (Å²) >= 11 is 5.97. The topological polar surface area (TPSA) is 52.6 Å². The van der Waals surface area contributed by atoms with E-state index in [2.05, 4.69) is 0 Å². The zero-order chi connectivity index (χ0) is 13.6. The van der Waals surface area contributed by atoms with E-state index in [9.17, 15) is 9.36 Å². The molecule has 1 atom stereocenters. The van der Waals surface area contributed by atoms with Gasteiger partial charge in [-0.05, 0) is 13.8 Å². The Hall–Kier alpha value is -0.670. The molecule has 0 aliphatic heterocycles. The van der Waals surface area contributed by atoms with E-state index in [1.165, 1.54) is 0 Å². The van der Waals surface area contributed by atoms with Crippen LogP contribution in [0.15, 0.2) is 30.3 Å². The molecule has 1 aromatic carbocycles. The van der Waals surface area contributed by atoms with E-state index in [1.807, 2.05) is 0 Å². The van der Waals surface area contributed by atoms with Gasteiger partial charge in [0.25, 0.3) is 0 Å². The van der Waals surface area contributed by atoms with Crippen LogP contribution >= 0.6 is 19.2 Å². The van der Waals surface area contributed by atoms with Gasteiger partial charge >= 0.3 is 7.60 Å². The first kappa shape index (κ1) is 15.4. The first-order chi connectivity index (χ1) is 8.55. The molecule has 0 saturated carbocycles. The summed E-state index contributed by atoms with van der Waals surface area (Å²) in [5, 5.41) is -1.32. The van der Waals surface area contributed by atoms with Crippen LogP contribution in [-0.2, 0) is 13.6 Å². The van der Waals surface area contributed by atoms with Crippen molar-refractivity contribution < 1.29 is 18.4 Å². The summed E-state index contributed by atoms with van der Waals surface area (Å²) in [5.41, 5.74) is 0.386. The largest absolute Gasteiger partial charge is 0.356 e. The standard InChI is InChI=1S/C12H16ClO4P/c1-3-16-18(15,17-4-2)12(13)11(14)10-8-6-5-7-9-10/h5-9,12H,3-4H2,1-2H3. The highest BCUT2D eigenvalue weighted by Crippen LogP contribution is 2.55. The lowest BCUT2D eigenvalue weighted by Gasteiger charge is -2.20. The average molecular weight is 291 g/mol. The zero-order valence-corrected chi connectivity index (χ0v) is 12.0. The first-order valence-corrected chi connectivity index (χ1v) is 7.72. The number of benzene rings is 1. The molecule has 0 heterocycles. The second-order valence-electron chi connectivity index (χ2n) is 3.44. The molecule has 0 radical (unpaired) electrons. The molecule has 0 bridgehead atoms. The lowest BCUT2D eigenvalue weighted by molar-refractivity contribution is 0.0992. The van der Waals surface area contributed by atoms with E-state index in [-0.39, 0.29) is 13.2 Å². The van der Waals surface area contributed by atoms with Gasteiger partial charge in [-0.15, -0.1) is 11.6 Å². The number of alkyl halides is 1. The van der Waals surface area contributed by atoms with Crippen molar-refractivity contribution in [2.75, 3.05) is 13.2 Å². The number of rotatable bonds is 7. The van der Waals surface area contributed by atoms with E-state index in [0.29, 0.717) is 5.56 Å². The number of ketones is 1. The minimum atomic E-state index is -3.62. The van der Waals surface area contributed by atoms with Crippen LogP contribution in [0.4, 0.5) is 0 Å². The number of hydrogen-bond donors (Lipinski definition) is 0. The summed E-state index contributed by atoms with van der Waals surface area (Å²) < 4.78 is 22.4. The van der Waals surface area contributed by atoms with Crippen molar-refractivity contribution in [3.63, 3.8) is 0 Å². The lowest BCUT2D eigenvalue weighted by atomic mass is 10.1. The van der Waals surface area contributed by atoms with Gasteiger partial charge in [0.2, 0.25) is 0 Å². The second-order valence-corrected chi connectivity index (χ2v) is 6.29. The summed E-state index contributed by atoms with van der Waals surface area (Å²) in [6, 6.07) is 8.43. The SMILES string of the molecule is CCOP(=O)(OCC)C(Cl)C(=O)c1ccccc1. The average Bonchev–Trinajstić information content (AvgIpc) is 2.38. The quantitative estimate of drug-likeness (QED) is 0.436. The van der Waals surface area contributed by atoms with Gasteiger partial charge in [-0.3, -0.25) is 9.36 Å². The van der Waals surface area contributed by atoms with Crippen molar-refractivity contribution in [2.45, 2.75) is 19.0 Å². The van der Waals surface area contributed by atoms with E-state index in [1.54, 1.807) is 44.2 Å². The molecule has 4 nitrogen and oxygen atoms in total. The van der Waals surface area contributed by atoms with Gasteiger partial charge in [0.1, 0.15) is 0 Å². The summed E-state index contributed by atoms with van der Waals surface area (Å²) in [6.07, 6.45) is 0. The van der Waals surface area contributed by atoms with Crippen molar-refractivity contribution in [3.8, 4) is 0 Å². The van der Waals surface area contributed by atoms with Crippen LogP contribution < -0.4 is 0 Å². The molecule has 0 fully saturated rings. The maximum Gasteiger partial charge on any atom is 0.356 e. The fourth-order valence-corrected chi connectivity index (χ4v) is 3.37. The van der Waals surface area contributed by atoms with Crippen LogP contribution in [0.2, 0.25) is 0 Å². The molecule has 0 N–H and O–H groups in total. The minimum absolute atomic E-state index is 0.169. The van der Waals surface area contributed by atoms with Crippen LogP contribution in [0.25, 0.3) is 0 Å². The Morgan fingerprint density at radius 3 is 2.17 bits per heavy atom. The highest BCUT2D eigenvalue weighted by atomic mass is 35.5. The smallest absolute Gasteiger partial charge is 0.308 e. The highest BCUT2D eigenvalue weighted by Gasteiger charge is 2.39. The van der Waals surface area contributed by atoms with E-state index >= 15 is 0 Å². The maximum absolute atomic E-state index is 12.3. The number of halogens is 1. The second kappa shape index (κ2) is 7.05. The van der Waals surface area contributed by atoms with Gasteiger partial charge in [-0.25, -0.2) is 0 Å². The van der Waals surface area contributed by atoms with Gasteiger partial charge in [0.05, 0.1) is 13.2 Å². The van der Waals surface area contributed by atoms with Gasteiger partial charge in [-0.1, -0.05) is 30.3 Å². The fraction of sp³-hybridized carbons (Fsp3) is 0.417. The molecule has 1 aromatic rings. The molecular formula is C12H16ClO4P. The molecule has 0 amide bonds. The molecular weight excluding hydrogens is 275 g/mol. The third-order valence-electron chi connectivity index (χ3n) is 2.17. The molecule has 0 saturated heterocycles. The van der Waals surface area contributed by atoms with Gasteiger partial charge < -0.3 is 9.05 Å². The number of carbonyl (C=O) groups excluding carboxylic acids is 1. The molecule has 1 rings (SSSR count). The highest BCUT2D eigenvalue weighted by molar-refractivity contribution is 7.58. The molecule has 0 aromatic heterocycles. The first-order valence-electron chi connectivity index (χ1n) is 5.67. The Labute approximate surface area is 112 Å². The Bertz CT molecular complexity index is 425. The number of hydrogen-bond acceptors (Lipinski definition) is 4. The van der Waals surface area contributed by atoms with Crippen molar-refractivity contribution in [2.24, 2.45) is 0 Å². The Morgan fingerprint density at radius 1 is 1.22 bits per heavy atom. The maximum atomic E-state index is 12.3. The van der Waals surface area contributed by atoms with Crippen molar-refractivity contribution in [1.29, 1.82) is 0 Å². The Kier molecular flexibility index (Phi) is 6.03. The van der Waals surface area contributed by atoms with Crippen molar-refractivity contribution in [3.05, 3.63) is 35.9 Å². The number of Topliss-reactive ketones (excluding diaryl/α,β-unsaturated/α-hetero) is 1. The van der Waals surface area contributed by atoms with Crippen LogP contribution in [0.1, 0.15) is 24.2 Å². The lowest BCUT2D eigenvalue weighted by Crippen LogP contribution is -2.18. The van der Waals surface area contributed by atoms with Crippen LogP contribution in [-0.4, -0.2) is 24.1 Å². The predicted octanol–water partition coefficient (Wildman–Crippen LogP) is 3.70. The molecule has 6 heteroatoms. The molecule has 18 heavy (non-hydrogen) atoms. The number of carbonyl (C=O) groups is 1. The van der Waals surface area contributed by atoms with E-state index < -0.39 is 18.5 Å². The molecule has 0 aliphatic carbocycles. The minimum Gasteiger partial charge on any atom is -0.308 e. The molecule has 0 spiro atoms. The van der Waals surface area contributed by atoms with Gasteiger partial charge in [0, 0.05) is 5.56 Å². The van der Waals surface area contributed by atoms with Crippen LogP contribution in [0.5, 0.6) is 0 Å². The Morgan fingerprint density at radius 2 is 1.72 bits per heavy atom. The van der Waals surface area contributed by atoms with Crippen molar-refractivity contribution in [1.82, 2.24) is 0 Å². The molecule has 0 aliphatic rings. The summed E-state index contributed by atoms with van der Waals surface area (Å²) in [7, 11) is -3.62. The van der Waals surface area contributed by atoms with Crippen LogP contribution in [0, 0.1) is 0 Å². The van der Waals surface area contributed by atoms with Gasteiger partial charge in [-0.2, -0.15) is 0 Å². The summed E-state index contributed by atoms with van der Waals surface area (Å²) in [5.74, 6) is -0.456. The predicted molar refractivity (Wildman–Crippen MR) is 71.3 cm³/mol. The molecule has 100 valence electrons. The third-order valence-corrected chi connectivity index (χ3v) is 5.11. The monoisotopic (exact) mass is 290 g/mol.